The highest BCUT2D eigenvalue weighted by atomic mass is 16.6. The average molecular weight is 374 g/mol. The molecule has 1 N–H and O–H groups in total. The zero-order chi connectivity index (χ0) is 19.3. The summed E-state index contributed by atoms with van der Waals surface area (Å²) in [5, 5.41) is 9.97. The lowest BCUT2D eigenvalue weighted by atomic mass is 9.77. The molecule has 0 amide bonds. The molecule has 0 saturated carbocycles. The number of benzene rings is 3. The monoisotopic (exact) mass is 374 g/mol. The van der Waals surface area contributed by atoms with Gasteiger partial charge in [0.2, 0.25) is 0 Å². The first-order valence-corrected chi connectivity index (χ1v) is 9.25. The number of phenols is 1. The van der Waals surface area contributed by atoms with Crippen LogP contribution in [0.3, 0.4) is 0 Å². The maximum atomic E-state index is 12.7. The van der Waals surface area contributed by atoms with Crippen molar-refractivity contribution in [3.05, 3.63) is 82.9 Å². The Labute approximate surface area is 162 Å². The molecule has 3 aromatic rings. The minimum absolute atomic E-state index is 0.0772. The SMILES string of the molecule is CCCOc1ccc2c(c1)Oc1cc(O)ccc1C21OC(=O)c2ccccc21. The van der Waals surface area contributed by atoms with Crippen molar-refractivity contribution in [2.24, 2.45) is 0 Å². The second-order valence-electron chi connectivity index (χ2n) is 6.91. The van der Waals surface area contributed by atoms with E-state index in [9.17, 15) is 9.90 Å². The molecule has 2 aliphatic rings. The third-order valence-electron chi connectivity index (χ3n) is 5.14. The zero-order valence-electron chi connectivity index (χ0n) is 15.3. The van der Waals surface area contributed by atoms with Crippen LogP contribution in [0, 0.1) is 0 Å². The number of carbonyl (C=O) groups excluding carboxylic acids is 1. The second-order valence-corrected chi connectivity index (χ2v) is 6.91. The van der Waals surface area contributed by atoms with Gasteiger partial charge in [0, 0.05) is 28.8 Å². The molecule has 1 atom stereocenters. The van der Waals surface area contributed by atoms with Crippen LogP contribution >= 0.6 is 0 Å². The Kier molecular flexibility index (Phi) is 3.59. The van der Waals surface area contributed by atoms with Gasteiger partial charge in [-0.2, -0.15) is 0 Å². The largest absolute Gasteiger partial charge is 0.508 e. The molecule has 2 heterocycles. The first-order chi connectivity index (χ1) is 13.6. The van der Waals surface area contributed by atoms with Gasteiger partial charge in [0.05, 0.1) is 12.2 Å². The molecule has 0 aromatic heterocycles. The van der Waals surface area contributed by atoms with Crippen molar-refractivity contribution >= 4 is 5.97 Å². The highest BCUT2D eigenvalue weighted by Crippen LogP contribution is 2.56. The Bertz CT molecular complexity index is 1100. The molecule has 0 saturated heterocycles. The van der Waals surface area contributed by atoms with Gasteiger partial charge >= 0.3 is 5.97 Å². The molecule has 1 unspecified atom stereocenters. The number of phenolic OH excluding ortho intramolecular Hbond substituents is 1. The van der Waals surface area contributed by atoms with Crippen molar-refractivity contribution in [2.45, 2.75) is 18.9 Å². The van der Waals surface area contributed by atoms with Gasteiger partial charge in [0.1, 0.15) is 23.0 Å². The van der Waals surface area contributed by atoms with Crippen molar-refractivity contribution in [1.82, 2.24) is 0 Å². The second kappa shape index (κ2) is 6.02. The van der Waals surface area contributed by atoms with E-state index in [-0.39, 0.29) is 11.7 Å². The summed E-state index contributed by atoms with van der Waals surface area (Å²) < 4.78 is 17.9. The number of aromatic hydroxyl groups is 1. The molecule has 28 heavy (non-hydrogen) atoms. The number of fused-ring (bicyclic) bond motifs is 6. The van der Waals surface area contributed by atoms with Crippen molar-refractivity contribution in [2.75, 3.05) is 6.61 Å². The number of hydrogen-bond acceptors (Lipinski definition) is 5. The topological polar surface area (TPSA) is 65.0 Å². The predicted molar refractivity (Wildman–Crippen MR) is 102 cm³/mol. The molecule has 1 spiro atoms. The molecule has 0 radical (unpaired) electrons. The highest BCUT2D eigenvalue weighted by molar-refractivity contribution is 5.97. The Morgan fingerprint density at radius 3 is 2.54 bits per heavy atom. The van der Waals surface area contributed by atoms with Gasteiger partial charge in [-0.15, -0.1) is 0 Å². The van der Waals surface area contributed by atoms with E-state index in [1.807, 2.05) is 37.3 Å². The standard InChI is InChI=1S/C23H18O5/c1-2-11-26-15-8-10-19-21(13-15)27-20-12-14(24)7-9-18(20)23(19)17-6-4-3-5-16(17)22(25)28-23/h3-10,12-13,24H,2,11H2,1H3. The normalized spacial score (nSPS) is 18.7. The van der Waals surface area contributed by atoms with Gasteiger partial charge in [-0.25, -0.2) is 4.79 Å². The number of ether oxygens (including phenoxy) is 3. The molecule has 140 valence electrons. The summed E-state index contributed by atoms with van der Waals surface area (Å²) in [5.41, 5.74) is 1.58. The summed E-state index contributed by atoms with van der Waals surface area (Å²) in [6.45, 7) is 2.64. The fraction of sp³-hybridized carbons (Fsp3) is 0.174. The predicted octanol–water partition coefficient (Wildman–Crippen LogP) is 4.75. The smallest absolute Gasteiger partial charge is 0.340 e. The van der Waals surface area contributed by atoms with Gasteiger partial charge in [0.15, 0.2) is 5.60 Å². The van der Waals surface area contributed by atoms with Crippen molar-refractivity contribution < 1.29 is 24.1 Å². The fourth-order valence-electron chi connectivity index (χ4n) is 3.95. The minimum atomic E-state index is -1.12. The lowest BCUT2D eigenvalue weighted by molar-refractivity contribution is 0.0224. The number of rotatable bonds is 3. The van der Waals surface area contributed by atoms with E-state index < -0.39 is 5.60 Å². The molecule has 5 rings (SSSR count). The molecule has 5 heteroatoms. The van der Waals surface area contributed by atoms with Crippen LogP contribution in [0.5, 0.6) is 23.0 Å². The summed E-state index contributed by atoms with van der Waals surface area (Å²) in [6.07, 6.45) is 0.892. The van der Waals surface area contributed by atoms with Crippen LogP contribution in [0.1, 0.15) is 40.4 Å². The van der Waals surface area contributed by atoms with E-state index in [1.54, 1.807) is 24.3 Å². The van der Waals surface area contributed by atoms with Crippen LogP contribution in [-0.2, 0) is 10.3 Å². The summed E-state index contributed by atoms with van der Waals surface area (Å²) in [6, 6.07) is 17.8. The van der Waals surface area contributed by atoms with Crippen molar-refractivity contribution in [3.63, 3.8) is 0 Å². The van der Waals surface area contributed by atoms with Crippen LogP contribution < -0.4 is 9.47 Å². The highest BCUT2D eigenvalue weighted by Gasteiger charge is 2.53. The molecule has 5 nitrogen and oxygen atoms in total. The van der Waals surface area contributed by atoms with Crippen LogP contribution in [0.2, 0.25) is 0 Å². The van der Waals surface area contributed by atoms with Crippen LogP contribution in [0.15, 0.2) is 60.7 Å². The van der Waals surface area contributed by atoms with Gasteiger partial charge in [-0.05, 0) is 36.8 Å². The van der Waals surface area contributed by atoms with Gasteiger partial charge < -0.3 is 19.3 Å². The molecule has 0 aliphatic carbocycles. The summed E-state index contributed by atoms with van der Waals surface area (Å²) >= 11 is 0. The Morgan fingerprint density at radius 1 is 0.964 bits per heavy atom. The number of hydrogen-bond donors (Lipinski definition) is 1. The van der Waals surface area contributed by atoms with E-state index in [0.717, 1.165) is 17.5 Å². The average Bonchev–Trinajstić information content (AvgIpc) is 2.99. The van der Waals surface area contributed by atoms with Gasteiger partial charge in [0.25, 0.3) is 0 Å². The van der Waals surface area contributed by atoms with Gasteiger partial charge in [-0.3, -0.25) is 0 Å². The molecular weight excluding hydrogens is 356 g/mol. The van der Waals surface area contributed by atoms with E-state index in [1.165, 1.54) is 6.07 Å². The third-order valence-corrected chi connectivity index (χ3v) is 5.14. The van der Waals surface area contributed by atoms with E-state index >= 15 is 0 Å². The fourth-order valence-corrected chi connectivity index (χ4v) is 3.95. The van der Waals surface area contributed by atoms with Crippen LogP contribution in [0.25, 0.3) is 0 Å². The van der Waals surface area contributed by atoms with Crippen LogP contribution in [-0.4, -0.2) is 17.7 Å². The van der Waals surface area contributed by atoms with E-state index in [2.05, 4.69) is 0 Å². The molecule has 0 fully saturated rings. The van der Waals surface area contributed by atoms with E-state index in [4.69, 9.17) is 14.2 Å². The molecule has 2 aliphatic heterocycles. The van der Waals surface area contributed by atoms with Gasteiger partial charge in [-0.1, -0.05) is 25.1 Å². The third kappa shape index (κ3) is 2.22. The summed E-state index contributed by atoms with van der Waals surface area (Å²) in [7, 11) is 0. The Balaban J connectivity index is 1.78. The lowest BCUT2D eigenvalue weighted by Gasteiger charge is -2.36. The zero-order valence-corrected chi connectivity index (χ0v) is 15.3. The number of carbonyl (C=O) groups is 1. The van der Waals surface area contributed by atoms with Crippen molar-refractivity contribution in [3.8, 4) is 23.0 Å². The molecular formula is C23H18O5. The first-order valence-electron chi connectivity index (χ1n) is 9.25. The summed E-state index contributed by atoms with van der Waals surface area (Å²) in [4.78, 5) is 12.7. The number of esters is 1. The van der Waals surface area contributed by atoms with E-state index in [0.29, 0.717) is 35.0 Å². The summed E-state index contributed by atoms with van der Waals surface area (Å²) in [5.74, 6) is 1.36. The molecule has 0 bridgehead atoms. The Hall–Kier alpha value is -3.47. The minimum Gasteiger partial charge on any atom is -0.508 e. The maximum Gasteiger partial charge on any atom is 0.340 e. The Morgan fingerprint density at radius 2 is 1.71 bits per heavy atom. The molecule has 3 aromatic carbocycles. The quantitative estimate of drug-likeness (QED) is 0.670. The van der Waals surface area contributed by atoms with Crippen molar-refractivity contribution in [1.29, 1.82) is 0 Å². The first kappa shape index (κ1) is 16.7. The van der Waals surface area contributed by atoms with Crippen LogP contribution in [0.4, 0.5) is 0 Å². The lowest BCUT2D eigenvalue weighted by Crippen LogP contribution is -2.32. The maximum absolute atomic E-state index is 12.7.